The second kappa shape index (κ2) is 4.23. The van der Waals surface area contributed by atoms with Gasteiger partial charge in [-0.15, -0.1) is 0 Å². The van der Waals surface area contributed by atoms with Gasteiger partial charge in [-0.2, -0.15) is 0 Å². The van der Waals surface area contributed by atoms with Gasteiger partial charge in [0.2, 0.25) is 0 Å². The number of rotatable bonds is 2. The maximum atomic E-state index is 11.2. The Hall–Kier alpha value is -1.36. The highest BCUT2D eigenvalue weighted by molar-refractivity contribution is 9.10. The zero-order valence-corrected chi connectivity index (χ0v) is 8.87. The van der Waals surface area contributed by atoms with Gasteiger partial charge in [-0.25, -0.2) is 9.59 Å². The molecule has 0 bridgehead atoms. The van der Waals surface area contributed by atoms with Crippen LogP contribution in [-0.2, 0) is 4.74 Å². The lowest BCUT2D eigenvalue weighted by atomic mass is 10.1. The minimum atomic E-state index is -1.16. The summed E-state index contributed by atoms with van der Waals surface area (Å²) in [6.07, 6.45) is 0. The monoisotopic (exact) mass is 258 g/mol. The third-order valence-electron chi connectivity index (χ3n) is 1.63. The van der Waals surface area contributed by atoms with Crippen LogP contribution in [0.5, 0.6) is 0 Å². The number of carbonyl (C=O) groups excluding carboxylic acids is 1. The zero-order valence-electron chi connectivity index (χ0n) is 7.28. The van der Waals surface area contributed by atoms with Crippen LogP contribution in [0.4, 0.5) is 0 Å². The van der Waals surface area contributed by atoms with Crippen LogP contribution in [0.15, 0.2) is 22.7 Å². The zero-order chi connectivity index (χ0) is 10.7. The summed E-state index contributed by atoms with van der Waals surface area (Å²) < 4.78 is 4.88. The summed E-state index contributed by atoms with van der Waals surface area (Å²) in [5.74, 6) is -1.83. The van der Waals surface area contributed by atoms with Gasteiger partial charge in [0, 0.05) is 4.47 Å². The first-order valence-electron chi connectivity index (χ1n) is 3.68. The Morgan fingerprint density at radius 3 is 2.57 bits per heavy atom. The van der Waals surface area contributed by atoms with Crippen molar-refractivity contribution in [1.29, 1.82) is 0 Å². The van der Waals surface area contributed by atoms with Crippen molar-refractivity contribution >= 4 is 27.9 Å². The van der Waals surface area contributed by atoms with E-state index < -0.39 is 11.9 Å². The molecule has 14 heavy (non-hydrogen) atoms. The van der Waals surface area contributed by atoms with Crippen LogP contribution in [0.25, 0.3) is 0 Å². The molecule has 0 radical (unpaired) electrons. The predicted octanol–water partition coefficient (Wildman–Crippen LogP) is 1.93. The number of benzene rings is 1. The molecule has 0 amide bonds. The Balaban J connectivity index is 3.36. The van der Waals surface area contributed by atoms with Gasteiger partial charge in [-0.05, 0) is 28.1 Å². The van der Waals surface area contributed by atoms with E-state index in [1.54, 1.807) is 12.1 Å². The highest BCUT2D eigenvalue weighted by Gasteiger charge is 2.19. The van der Waals surface area contributed by atoms with E-state index in [0.29, 0.717) is 4.47 Å². The maximum Gasteiger partial charge on any atom is 0.339 e. The molecule has 5 heteroatoms. The van der Waals surface area contributed by atoms with E-state index >= 15 is 0 Å². The predicted molar refractivity (Wildman–Crippen MR) is 52.4 cm³/mol. The number of esters is 1. The average Bonchev–Trinajstić information content (AvgIpc) is 2.16. The normalized spacial score (nSPS) is 9.57. The van der Waals surface area contributed by atoms with Crippen LogP contribution in [0, 0.1) is 0 Å². The molecule has 0 spiro atoms. The van der Waals surface area contributed by atoms with Crippen LogP contribution < -0.4 is 0 Å². The first-order chi connectivity index (χ1) is 6.57. The Bertz CT molecular complexity index is 386. The molecule has 0 atom stereocenters. The lowest BCUT2D eigenvalue weighted by Gasteiger charge is -2.05. The van der Waals surface area contributed by atoms with Gasteiger partial charge in [0.25, 0.3) is 0 Å². The van der Waals surface area contributed by atoms with Crippen molar-refractivity contribution in [3.05, 3.63) is 33.8 Å². The first kappa shape index (κ1) is 10.7. The van der Waals surface area contributed by atoms with E-state index in [1.165, 1.54) is 13.2 Å². The van der Waals surface area contributed by atoms with Gasteiger partial charge in [0.05, 0.1) is 18.2 Å². The van der Waals surface area contributed by atoms with Crippen molar-refractivity contribution in [3.8, 4) is 0 Å². The molecule has 0 unspecified atom stereocenters. The number of carbonyl (C=O) groups is 2. The number of hydrogen-bond acceptors (Lipinski definition) is 3. The number of methoxy groups -OCH3 is 1. The SMILES string of the molecule is COC(=O)c1c(Br)cccc1C(=O)O. The molecule has 1 rings (SSSR count). The Morgan fingerprint density at radius 2 is 2.07 bits per heavy atom. The van der Waals surface area contributed by atoms with Gasteiger partial charge in [0.1, 0.15) is 0 Å². The molecule has 0 saturated heterocycles. The van der Waals surface area contributed by atoms with Crippen molar-refractivity contribution in [1.82, 2.24) is 0 Å². The molecule has 1 aromatic rings. The summed E-state index contributed by atoms with van der Waals surface area (Å²) >= 11 is 3.09. The fourth-order valence-corrected chi connectivity index (χ4v) is 1.54. The molecular formula is C9H7BrO4. The summed E-state index contributed by atoms with van der Waals surface area (Å²) in [5.41, 5.74) is -0.0475. The summed E-state index contributed by atoms with van der Waals surface area (Å²) in [6, 6.07) is 4.47. The van der Waals surface area contributed by atoms with E-state index in [9.17, 15) is 9.59 Å². The molecular weight excluding hydrogens is 252 g/mol. The summed E-state index contributed by atoms with van der Waals surface area (Å²) in [6.45, 7) is 0. The third kappa shape index (κ3) is 1.93. The quantitative estimate of drug-likeness (QED) is 0.824. The van der Waals surface area contributed by atoms with Crippen molar-refractivity contribution in [2.45, 2.75) is 0 Å². The number of aromatic carboxylic acids is 1. The van der Waals surface area contributed by atoms with Crippen LogP contribution in [0.1, 0.15) is 20.7 Å². The number of carboxylic acids is 1. The second-order valence-electron chi connectivity index (χ2n) is 2.46. The molecule has 1 N–H and O–H groups in total. The lowest BCUT2D eigenvalue weighted by Crippen LogP contribution is -2.10. The topological polar surface area (TPSA) is 63.6 Å². The van der Waals surface area contributed by atoms with E-state index in [2.05, 4.69) is 20.7 Å². The molecule has 0 saturated carbocycles. The lowest BCUT2D eigenvalue weighted by molar-refractivity contribution is 0.0581. The Kier molecular flexibility index (Phi) is 3.24. The van der Waals surface area contributed by atoms with Crippen molar-refractivity contribution < 1.29 is 19.4 Å². The standard InChI is InChI=1S/C9H7BrO4/c1-14-9(13)7-5(8(11)12)3-2-4-6(7)10/h2-4H,1H3,(H,11,12). The number of hydrogen-bond donors (Lipinski definition) is 1. The van der Waals surface area contributed by atoms with E-state index in [4.69, 9.17) is 5.11 Å². The Labute approximate surface area is 88.6 Å². The van der Waals surface area contributed by atoms with Crippen molar-refractivity contribution in [2.24, 2.45) is 0 Å². The molecule has 0 aliphatic carbocycles. The van der Waals surface area contributed by atoms with Gasteiger partial charge in [-0.3, -0.25) is 0 Å². The van der Waals surface area contributed by atoms with E-state index in [1.807, 2.05) is 0 Å². The van der Waals surface area contributed by atoms with Crippen molar-refractivity contribution in [2.75, 3.05) is 7.11 Å². The third-order valence-corrected chi connectivity index (χ3v) is 2.29. The molecule has 0 heterocycles. The summed E-state index contributed by atoms with van der Waals surface area (Å²) in [7, 11) is 1.20. The number of carboxylic acid groups (broad SMARTS) is 1. The molecule has 0 aromatic heterocycles. The van der Waals surface area contributed by atoms with Gasteiger partial charge in [0.15, 0.2) is 0 Å². The smallest absolute Gasteiger partial charge is 0.339 e. The van der Waals surface area contributed by atoms with Crippen LogP contribution in [-0.4, -0.2) is 24.2 Å². The van der Waals surface area contributed by atoms with Crippen molar-refractivity contribution in [3.63, 3.8) is 0 Å². The minimum absolute atomic E-state index is 0.0301. The van der Waals surface area contributed by atoms with Crippen LogP contribution in [0.2, 0.25) is 0 Å². The molecule has 0 aliphatic rings. The molecule has 0 fully saturated rings. The second-order valence-corrected chi connectivity index (χ2v) is 3.31. The highest BCUT2D eigenvalue weighted by Crippen LogP contribution is 2.21. The number of halogens is 1. The largest absolute Gasteiger partial charge is 0.478 e. The Morgan fingerprint density at radius 1 is 1.43 bits per heavy atom. The van der Waals surface area contributed by atoms with Gasteiger partial charge in [-0.1, -0.05) is 6.07 Å². The van der Waals surface area contributed by atoms with Gasteiger partial charge < -0.3 is 9.84 Å². The first-order valence-corrected chi connectivity index (χ1v) is 4.47. The molecule has 1 aromatic carbocycles. The summed E-state index contributed by atoms with van der Waals surface area (Å²) in [4.78, 5) is 22.0. The highest BCUT2D eigenvalue weighted by atomic mass is 79.9. The molecule has 4 nitrogen and oxygen atoms in total. The van der Waals surface area contributed by atoms with E-state index in [0.717, 1.165) is 0 Å². The minimum Gasteiger partial charge on any atom is -0.478 e. The maximum absolute atomic E-state index is 11.2. The average molecular weight is 259 g/mol. The fourth-order valence-electron chi connectivity index (χ4n) is 1.01. The number of ether oxygens (including phenoxy) is 1. The fraction of sp³-hybridized carbons (Fsp3) is 0.111. The molecule has 74 valence electrons. The summed E-state index contributed by atoms with van der Waals surface area (Å²) in [5, 5.41) is 8.81. The van der Waals surface area contributed by atoms with Crippen LogP contribution in [0.3, 0.4) is 0 Å². The molecule has 0 aliphatic heterocycles. The van der Waals surface area contributed by atoms with Crippen LogP contribution >= 0.6 is 15.9 Å². The van der Waals surface area contributed by atoms with Gasteiger partial charge >= 0.3 is 11.9 Å². The van der Waals surface area contributed by atoms with E-state index in [-0.39, 0.29) is 11.1 Å².